The molecule has 2 aromatic carbocycles. The first kappa shape index (κ1) is 24.4. The summed E-state index contributed by atoms with van der Waals surface area (Å²) in [5.41, 5.74) is 4.93. The molecule has 34 heavy (non-hydrogen) atoms. The summed E-state index contributed by atoms with van der Waals surface area (Å²) < 4.78 is 34.4. The zero-order chi connectivity index (χ0) is 24.1. The normalized spacial score (nSPS) is 16.2. The number of rotatable bonds is 8. The first-order valence-electron chi connectivity index (χ1n) is 11.8. The van der Waals surface area contributed by atoms with Crippen molar-refractivity contribution >= 4 is 10.0 Å². The van der Waals surface area contributed by atoms with Gasteiger partial charge >= 0.3 is 0 Å². The van der Waals surface area contributed by atoms with E-state index in [0.717, 1.165) is 59.3 Å². The van der Waals surface area contributed by atoms with E-state index >= 15 is 0 Å². The lowest BCUT2D eigenvalue weighted by atomic mass is 9.98. The minimum atomic E-state index is -3.79. The molecule has 6 nitrogen and oxygen atoms in total. The highest BCUT2D eigenvalue weighted by Gasteiger charge is 2.33. The molecule has 7 heteroatoms. The highest BCUT2D eigenvalue weighted by molar-refractivity contribution is 7.89. The molecular weight excluding hydrogens is 448 g/mol. The molecule has 1 unspecified atom stereocenters. The van der Waals surface area contributed by atoms with Gasteiger partial charge in [-0.25, -0.2) is 13.4 Å². The molecule has 4 rings (SSSR count). The van der Waals surface area contributed by atoms with Crippen LogP contribution in [0.5, 0.6) is 5.75 Å². The van der Waals surface area contributed by atoms with Gasteiger partial charge < -0.3 is 9.84 Å². The van der Waals surface area contributed by atoms with Gasteiger partial charge in [-0.3, -0.25) is 0 Å². The largest absolute Gasteiger partial charge is 0.494 e. The van der Waals surface area contributed by atoms with Crippen LogP contribution in [0.3, 0.4) is 0 Å². The van der Waals surface area contributed by atoms with Gasteiger partial charge in [0.1, 0.15) is 5.75 Å². The summed E-state index contributed by atoms with van der Waals surface area (Å²) in [5, 5.41) is 9.24. The topological polar surface area (TPSA) is 79.7 Å². The number of ether oxygens (including phenoxy) is 1. The molecule has 0 amide bonds. The first-order chi connectivity index (χ1) is 16.5. The number of hydrogen-bond donors (Lipinski definition) is 1. The molecule has 0 bridgehead atoms. The Morgan fingerprint density at radius 1 is 1.09 bits per heavy atom. The number of fused-ring (bicyclic) bond motifs is 1. The Morgan fingerprint density at radius 2 is 1.91 bits per heavy atom. The van der Waals surface area contributed by atoms with Crippen LogP contribution in [0, 0.1) is 0 Å². The Bertz CT molecular complexity index is 1230. The van der Waals surface area contributed by atoms with Gasteiger partial charge in [-0.15, -0.1) is 0 Å². The SMILES string of the molecule is CCOc1cccc2c1CCCCC2N(C)S(=O)(=O)c1ccc(-c2cccc(CCO)c2)cn1. The minimum absolute atomic E-state index is 0.0389. The van der Waals surface area contributed by atoms with E-state index in [1.165, 1.54) is 4.31 Å². The molecule has 1 N–H and O–H groups in total. The van der Waals surface area contributed by atoms with Crippen LogP contribution in [-0.2, 0) is 22.9 Å². The molecule has 1 aliphatic rings. The quantitative estimate of drug-likeness (QED) is 0.470. The summed E-state index contributed by atoms with van der Waals surface area (Å²) in [6.45, 7) is 2.62. The van der Waals surface area contributed by atoms with Crippen LogP contribution < -0.4 is 4.74 Å². The van der Waals surface area contributed by atoms with Crippen LogP contribution in [0.4, 0.5) is 0 Å². The molecule has 0 saturated carbocycles. The van der Waals surface area contributed by atoms with Gasteiger partial charge in [-0.2, -0.15) is 4.31 Å². The summed E-state index contributed by atoms with van der Waals surface area (Å²) in [5.74, 6) is 0.851. The van der Waals surface area contributed by atoms with Crippen molar-refractivity contribution in [2.24, 2.45) is 0 Å². The zero-order valence-electron chi connectivity index (χ0n) is 19.8. The number of aromatic nitrogens is 1. The Balaban J connectivity index is 1.63. The molecule has 180 valence electrons. The predicted molar refractivity (Wildman–Crippen MR) is 133 cm³/mol. The number of aliphatic hydroxyl groups is 1. The summed E-state index contributed by atoms with van der Waals surface area (Å²) in [4.78, 5) is 4.34. The lowest BCUT2D eigenvalue weighted by Crippen LogP contribution is -2.32. The Labute approximate surface area is 202 Å². The average molecular weight is 481 g/mol. The van der Waals surface area contributed by atoms with Crippen molar-refractivity contribution in [2.45, 2.75) is 50.1 Å². The number of pyridine rings is 1. The van der Waals surface area contributed by atoms with E-state index in [2.05, 4.69) is 4.98 Å². The molecular formula is C27H32N2O4S. The molecule has 1 aliphatic carbocycles. The number of benzene rings is 2. The molecule has 0 spiro atoms. The molecule has 1 heterocycles. The van der Waals surface area contributed by atoms with Crippen molar-refractivity contribution in [3.8, 4) is 16.9 Å². The second-order valence-corrected chi connectivity index (χ2v) is 10.5. The maximum absolute atomic E-state index is 13.6. The second-order valence-electron chi connectivity index (χ2n) is 8.60. The standard InChI is InChI=1S/C27H32N2O4S/c1-3-33-26-13-7-11-23-24(26)10-4-5-12-25(23)29(2)34(31,32)27-15-14-22(19-28-27)21-9-6-8-20(18-21)16-17-30/h6-9,11,13-15,18-19,25,30H,3-5,10,12,16-17H2,1-2H3. The van der Waals surface area contributed by atoms with Crippen LogP contribution in [-0.4, -0.2) is 43.1 Å². The van der Waals surface area contributed by atoms with E-state index in [1.807, 2.05) is 49.4 Å². The highest BCUT2D eigenvalue weighted by atomic mass is 32.2. The van der Waals surface area contributed by atoms with Crippen molar-refractivity contribution in [2.75, 3.05) is 20.3 Å². The lowest BCUT2D eigenvalue weighted by Gasteiger charge is -2.28. The third-order valence-electron chi connectivity index (χ3n) is 6.46. The van der Waals surface area contributed by atoms with Crippen LogP contribution in [0.15, 0.2) is 65.8 Å². The maximum Gasteiger partial charge on any atom is 0.260 e. The Hall–Kier alpha value is -2.74. The van der Waals surface area contributed by atoms with Crippen molar-refractivity contribution in [3.63, 3.8) is 0 Å². The highest BCUT2D eigenvalue weighted by Crippen LogP contribution is 2.39. The van der Waals surface area contributed by atoms with Crippen molar-refractivity contribution in [1.29, 1.82) is 0 Å². The van der Waals surface area contributed by atoms with E-state index in [0.29, 0.717) is 13.0 Å². The van der Waals surface area contributed by atoms with E-state index < -0.39 is 10.0 Å². The van der Waals surface area contributed by atoms with Crippen LogP contribution in [0.2, 0.25) is 0 Å². The molecule has 0 radical (unpaired) electrons. The minimum Gasteiger partial charge on any atom is -0.494 e. The Morgan fingerprint density at radius 3 is 2.65 bits per heavy atom. The molecule has 0 saturated heterocycles. The van der Waals surface area contributed by atoms with E-state index in [-0.39, 0.29) is 17.7 Å². The zero-order valence-corrected chi connectivity index (χ0v) is 20.6. The first-order valence-corrected chi connectivity index (χ1v) is 13.3. The van der Waals surface area contributed by atoms with E-state index in [9.17, 15) is 13.5 Å². The summed E-state index contributed by atoms with van der Waals surface area (Å²) in [6.07, 6.45) is 5.77. The van der Waals surface area contributed by atoms with Crippen molar-refractivity contribution < 1.29 is 18.3 Å². The maximum atomic E-state index is 13.6. The number of aliphatic hydroxyl groups excluding tert-OH is 1. The van der Waals surface area contributed by atoms with Crippen molar-refractivity contribution in [1.82, 2.24) is 9.29 Å². The molecule has 0 aliphatic heterocycles. The second kappa shape index (κ2) is 10.7. The molecule has 3 aromatic rings. The van der Waals surface area contributed by atoms with E-state index in [4.69, 9.17) is 4.74 Å². The monoisotopic (exact) mass is 480 g/mol. The van der Waals surface area contributed by atoms with Gasteiger partial charge in [0.15, 0.2) is 5.03 Å². The van der Waals surface area contributed by atoms with Gasteiger partial charge in [0.05, 0.1) is 12.6 Å². The summed E-state index contributed by atoms with van der Waals surface area (Å²) >= 11 is 0. The fourth-order valence-corrected chi connectivity index (χ4v) is 5.95. The van der Waals surface area contributed by atoms with Crippen molar-refractivity contribution in [3.05, 3.63) is 77.5 Å². The van der Waals surface area contributed by atoms with Gasteiger partial charge in [0.2, 0.25) is 0 Å². The Kier molecular flexibility index (Phi) is 7.66. The number of hydrogen-bond acceptors (Lipinski definition) is 5. The lowest BCUT2D eigenvalue weighted by molar-refractivity contribution is 0.299. The fraction of sp³-hybridized carbons (Fsp3) is 0.370. The molecule has 1 atom stereocenters. The fourth-order valence-electron chi connectivity index (χ4n) is 4.68. The van der Waals surface area contributed by atoms with Crippen LogP contribution in [0.25, 0.3) is 11.1 Å². The third kappa shape index (κ3) is 5.02. The van der Waals surface area contributed by atoms with Crippen LogP contribution in [0.1, 0.15) is 48.9 Å². The number of sulfonamides is 1. The van der Waals surface area contributed by atoms with Gasteiger partial charge in [-0.05, 0) is 73.1 Å². The summed E-state index contributed by atoms with van der Waals surface area (Å²) in [7, 11) is -2.14. The predicted octanol–water partition coefficient (Wildman–Crippen LogP) is 4.77. The average Bonchev–Trinajstić information content (AvgIpc) is 3.07. The smallest absolute Gasteiger partial charge is 0.260 e. The molecule has 0 fully saturated rings. The van der Waals surface area contributed by atoms with Gasteiger partial charge in [0, 0.05) is 25.4 Å². The molecule has 1 aromatic heterocycles. The van der Waals surface area contributed by atoms with E-state index in [1.54, 1.807) is 25.4 Å². The summed E-state index contributed by atoms with van der Waals surface area (Å²) in [6, 6.07) is 16.9. The third-order valence-corrected chi connectivity index (χ3v) is 8.24. The van der Waals surface area contributed by atoms with Gasteiger partial charge in [-0.1, -0.05) is 42.8 Å². The van der Waals surface area contributed by atoms with Crippen LogP contribution >= 0.6 is 0 Å². The number of nitrogens with zero attached hydrogens (tertiary/aromatic N) is 2. The van der Waals surface area contributed by atoms with Gasteiger partial charge in [0.25, 0.3) is 10.0 Å².